The number of hydrogen-bond acceptors (Lipinski definition) is 3. The minimum atomic E-state index is -3.02. The van der Waals surface area contributed by atoms with Gasteiger partial charge >= 0.3 is 0 Å². The SMILES string of the molecule is O=C(Cn1nc(C(F)F)cc1C(F)F)Nc1cccc(Cn2cccn2)c1. The molecule has 0 saturated carbocycles. The molecule has 0 saturated heterocycles. The highest BCUT2D eigenvalue weighted by atomic mass is 19.3. The molecule has 1 N–H and O–H groups in total. The van der Waals surface area contributed by atoms with Crippen molar-refractivity contribution < 1.29 is 22.4 Å². The van der Waals surface area contributed by atoms with E-state index in [1.54, 1.807) is 41.3 Å². The Bertz CT molecular complexity index is 908. The van der Waals surface area contributed by atoms with E-state index in [4.69, 9.17) is 0 Å². The number of aromatic nitrogens is 4. The molecule has 0 aliphatic rings. The van der Waals surface area contributed by atoms with Crippen LogP contribution in [-0.4, -0.2) is 25.5 Å². The maximum Gasteiger partial charge on any atom is 0.282 e. The van der Waals surface area contributed by atoms with Crippen molar-refractivity contribution in [3.05, 3.63) is 65.7 Å². The zero-order chi connectivity index (χ0) is 19.4. The van der Waals surface area contributed by atoms with Gasteiger partial charge < -0.3 is 5.32 Å². The van der Waals surface area contributed by atoms with Crippen molar-refractivity contribution in [2.24, 2.45) is 0 Å². The largest absolute Gasteiger partial charge is 0.324 e. The lowest BCUT2D eigenvalue weighted by Gasteiger charge is -2.09. The van der Waals surface area contributed by atoms with Crippen molar-refractivity contribution in [2.75, 3.05) is 5.32 Å². The van der Waals surface area contributed by atoms with Crippen LogP contribution in [0.2, 0.25) is 0 Å². The highest BCUT2D eigenvalue weighted by molar-refractivity contribution is 5.90. The maximum absolute atomic E-state index is 13.0. The minimum Gasteiger partial charge on any atom is -0.324 e. The van der Waals surface area contributed by atoms with Crippen LogP contribution in [0.1, 0.15) is 29.8 Å². The second-order valence-corrected chi connectivity index (χ2v) is 5.71. The maximum atomic E-state index is 13.0. The second-order valence-electron chi connectivity index (χ2n) is 5.71. The van der Waals surface area contributed by atoms with Gasteiger partial charge in [0.25, 0.3) is 12.9 Å². The van der Waals surface area contributed by atoms with Gasteiger partial charge in [0.1, 0.15) is 17.9 Å². The van der Waals surface area contributed by atoms with Gasteiger partial charge in [-0.05, 0) is 29.8 Å². The van der Waals surface area contributed by atoms with Crippen molar-refractivity contribution in [1.82, 2.24) is 19.6 Å². The number of alkyl halides is 4. The van der Waals surface area contributed by atoms with Gasteiger partial charge in [0, 0.05) is 18.1 Å². The molecule has 2 aromatic heterocycles. The number of hydrogen-bond donors (Lipinski definition) is 1. The summed E-state index contributed by atoms with van der Waals surface area (Å²) in [4.78, 5) is 12.1. The molecule has 142 valence electrons. The van der Waals surface area contributed by atoms with Crippen LogP contribution in [-0.2, 0) is 17.9 Å². The fourth-order valence-corrected chi connectivity index (χ4v) is 2.53. The number of nitrogens with one attached hydrogen (secondary N) is 1. The number of halogens is 4. The lowest BCUT2D eigenvalue weighted by Crippen LogP contribution is -2.21. The monoisotopic (exact) mass is 381 g/mol. The number of anilines is 1. The lowest BCUT2D eigenvalue weighted by molar-refractivity contribution is -0.117. The highest BCUT2D eigenvalue weighted by Gasteiger charge is 2.22. The molecule has 1 amide bonds. The summed E-state index contributed by atoms with van der Waals surface area (Å²) in [6.07, 6.45) is -2.58. The van der Waals surface area contributed by atoms with E-state index in [0.29, 0.717) is 23.0 Å². The summed E-state index contributed by atoms with van der Waals surface area (Å²) in [6, 6.07) is 9.29. The molecule has 3 rings (SSSR count). The molecule has 10 heteroatoms. The molecular weight excluding hydrogens is 366 g/mol. The van der Waals surface area contributed by atoms with Crippen LogP contribution in [0.3, 0.4) is 0 Å². The van der Waals surface area contributed by atoms with E-state index in [2.05, 4.69) is 15.5 Å². The summed E-state index contributed by atoms with van der Waals surface area (Å²) >= 11 is 0. The Balaban J connectivity index is 1.69. The Kier molecular flexibility index (Phi) is 5.53. The van der Waals surface area contributed by atoms with Crippen LogP contribution in [0, 0.1) is 0 Å². The molecular formula is C17H15F4N5O. The standard InChI is InChI=1S/C17H15F4N5O/c18-16(19)13-8-14(17(20)21)26(24-13)10-15(27)23-12-4-1-3-11(7-12)9-25-6-2-5-22-25/h1-8,16-17H,9-10H2,(H,23,27). The average Bonchev–Trinajstić information content (AvgIpc) is 3.25. The van der Waals surface area contributed by atoms with E-state index in [9.17, 15) is 22.4 Å². The Morgan fingerprint density at radius 3 is 2.59 bits per heavy atom. The third kappa shape index (κ3) is 4.72. The first-order chi connectivity index (χ1) is 12.9. The first-order valence-corrected chi connectivity index (χ1v) is 7.92. The molecule has 0 aliphatic heterocycles. The highest BCUT2D eigenvalue weighted by Crippen LogP contribution is 2.25. The zero-order valence-corrected chi connectivity index (χ0v) is 13.9. The minimum absolute atomic E-state index is 0.449. The third-order valence-corrected chi connectivity index (χ3v) is 3.69. The van der Waals surface area contributed by atoms with Crippen molar-refractivity contribution in [1.29, 1.82) is 0 Å². The van der Waals surface area contributed by atoms with E-state index in [1.165, 1.54) is 0 Å². The predicted molar refractivity (Wildman–Crippen MR) is 88.5 cm³/mol. The summed E-state index contributed by atoms with van der Waals surface area (Å²) in [6.45, 7) is -0.112. The Hall–Kier alpha value is -3.17. The fourth-order valence-electron chi connectivity index (χ4n) is 2.53. The first-order valence-electron chi connectivity index (χ1n) is 7.92. The van der Waals surface area contributed by atoms with E-state index >= 15 is 0 Å². The molecule has 0 aliphatic carbocycles. The number of carbonyl (C=O) groups is 1. The fraction of sp³-hybridized carbons (Fsp3) is 0.235. The molecule has 1 aromatic carbocycles. The smallest absolute Gasteiger partial charge is 0.282 e. The van der Waals surface area contributed by atoms with Gasteiger partial charge in [0.05, 0.1) is 6.54 Å². The van der Waals surface area contributed by atoms with Crippen LogP contribution in [0.25, 0.3) is 0 Å². The van der Waals surface area contributed by atoms with E-state index in [-0.39, 0.29) is 0 Å². The van der Waals surface area contributed by atoms with Gasteiger partial charge in [0.2, 0.25) is 5.91 Å². The summed E-state index contributed by atoms with van der Waals surface area (Å²) in [5.41, 5.74) is -0.208. The molecule has 0 spiro atoms. The van der Waals surface area contributed by atoms with Crippen molar-refractivity contribution >= 4 is 11.6 Å². The van der Waals surface area contributed by atoms with Crippen LogP contribution < -0.4 is 5.32 Å². The molecule has 0 fully saturated rings. The van der Waals surface area contributed by atoms with E-state index < -0.39 is 36.7 Å². The number of nitrogens with zero attached hydrogens (tertiary/aromatic N) is 4. The van der Waals surface area contributed by atoms with E-state index in [1.807, 2.05) is 6.07 Å². The summed E-state index contributed by atoms with van der Waals surface area (Å²) < 4.78 is 53.6. The lowest BCUT2D eigenvalue weighted by atomic mass is 10.2. The van der Waals surface area contributed by atoms with Gasteiger partial charge in [0.15, 0.2) is 0 Å². The summed E-state index contributed by atoms with van der Waals surface area (Å²) in [5, 5.41) is 10.0. The van der Waals surface area contributed by atoms with Crippen LogP contribution in [0.15, 0.2) is 48.8 Å². The van der Waals surface area contributed by atoms with Gasteiger partial charge in [-0.3, -0.25) is 14.2 Å². The molecule has 27 heavy (non-hydrogen) atoms. The van der Waals surface area contributed by atoms with Gasteiger partial charge in [-0.15, -0.1) is 0 Å². The van der Waals surface area contributed by atoms with Crippen molar-refractivity contribution in [3.8, 4) is 0 Å². The quantitative estimate of drug-likeness (QED) is 0.636. The molecule has 0 radical (unpaired) electrons. The average molecular weight is 381 g/mol. The van der Waals surface area contributed by atoms with Crippen molar-refractivity contribution in [3.63, 3.8) is 0 Å². The Morgan fingerprint density at radius 2 is 1.93 bits per heavy atom. The Morgan fingerprint density at radius 1 is 1.11 bits per heavy atom. The van der Waals surface area contributed by atoms with Gasteiger partial charge in [-0.25, -0.2) is 17.6 Å². The van der Waals surface area contributed by atoms with Crippen LogP contribution in [0.4, 0.5) is 23.2 Å². The summed E-state index contributed by atoms with van der Waals surface area (Å²) in [5.74, 6) is -0.656. The molecule has 3 aromatic rings. The van der Waals surface area contributed by atoms with Crippen molar-refractivity contribution in [2.45, 2.75) is 25.9 Å². The topological polar surface area (TPSA) is 64.7 Å². The third-order valence-electron chi connectivity index (χ3n) is 3.69. The molecule has 2 heterocycles. The Labute approximate surface area is 151 Å². The number of amides is 1. The van der Waals surface area contributed by atoms with Gasteiger partial charge in [-0.1, -0.05) is 12.1 Å². The molecule has 0 unspecified atom stereocenters. The molecule has 0 bridgehead atoms. The first kappa shape index (κ1) is 18.6. The predicted octanol–water partition coefficient (Wildman–Crippen LogP) is 3.64. The molecule has 6 nitrogen and oxygen atoms in total. The van der Waals surface area contributed by atoms with Crippen LogP contribution in [0.5, 0.6) is 0 Å². The second kappa shape index (κ2) is 8.02. The zero-order valence-electron chi connectivity index (χ0n) is 13.9. The van der Waals surface area contributed by atoms with Gasteiger partial charge in [-0.2, -0.15) is 10.2 Å². The summed E-state index contributed by atoms with van der Waals surface area (Å²) in [7, 11) is 0. The number of carbonyl (C=O) groups excluding carboxylic acids is 1. The molecule has 0 atom stereocenters. The van der Waals surface area contributed by atoms with Crippen LogP contribution >= 0.6 is 0 Å². The number of rotatable bonds is 7. The number of benzene rings is 1. The van der Waals surface area contributed by atoms with E-state index in [0.717, 1.165) is 5.56 Å². The normalized spacial score (nSPS) is 11.3.